The van der Waals surface area contributed by atoms with Gasteiger partial charge in [-0.25, -0.2) is 0 Å². The maximum absolute atomic E-state index is 10.5. The zero-order chi connectivity index (χ0) is 24.2. The number of nitro groups is 2. The van der Waals surface area contributed by atoms with Crippen LogP contribution >= 0.6 is 0 Å². The fourth-order valence-corrected chi connectivity index (χ4v) is 2.69. The summed E-state index contributed by atoms with van der Waals surface area (Å²) in [5.41, 5.74) is 3.54. The normalized spacial score (nSPS) is 10.6. The van der Waals surface area contributed by atoms with E-state index in [0.29, 0.717) is 0 Å². The average Bonchev–Trinajstić information content (AvgIpc) is 2.88. The van der Waals surface area contributed by atoms with E-state index >= 15 is 0 Å². The van der Waals surface area contributed by atoms with Crippen LogP contribution in [0, 0.1) is 20.2 Å². The Balaban J connectivity index is 0.000000191. The van der Waals surface area contributed by atoms with Crippen molar-refractivity contribution in [3.8, 4) is 0 Å². The summed E-state index contributed by atoms with van der Waals surface area (Å²) in [6, 6.07) is 31.6. The maximum Gasteiger partial charge on any atom is 0.269 e. The first kappa shape index (κ1) is 23.7. The Morgan fingerprint density at radius 2 is 0.824 bits per heavy atom. The van der Waals surface area contributed by atoms with Gasteiger partial charge in [0.2, 0.25) is 0 Å². The molecule has 34 heavy (non-hydrogen) atoms. The number of aliphatic imine (C=N–C) groups is 2. The number of para-hydroxylation sites is 2. The van der Waals surface area contributed by atoms with E-state index in [1.165, 1.54) is 24.3 Å². The van der Waals surface area contributed by atoms with Gasteiger partial charge in [0.1, 0.15) is 0 Å². The summed E-state index contributed by atoms with van der Waals surface area (Å²) in [5.74, 6) is 0. The van der Waals surface area contributed by atoms with Crippen LogP contribution < -0.4 is 0 Å². The summed E-state index contributed by atoms with van der Waals surface area (Å²) < 4.78 is 0. The summed E-state index contributed by atoms with van der Waals surface area (Å²) in [6.45, 7) is 0. The van der Waals surface area contributed by atoms with Crippen LogP contribution in [0.2, 0.25) is 0 Å². The fraction of sp³-hybridized carbons (Fsp3) is 0. The van der Waals surface area contributed by atoms with E-state index in [-0.39, 0.29) is 11.4 Å². The Hall–Kier alpha value is -4.98. The largest absolute Gasteiger partial charge is 0.269 e. The molecule has 0 aliphatic rings. The molecule has 4 aromatic rings. The average molecular weight is 452 g/mol. The van der Waals surface area contributed by atoms with Crippen LogP contribution in [0.3, 0.4) is 0 Å². The van der Waals surface area contributed by atoms with Gasteiger partial charge in [-0.1, -0.05) is 36.4 Å². The van der Waals surface area contributed by atoms with Crippen molar-refractivity contribution in [2.45, 2.75) is 0 Å². The van der Waals surface area contributed by atoms with E-state index in [1.54, 1.807) is 36.7 Å². The minimum Gasteiger partial charge on any atom is -0.258 e. The van der Waals surface area contributed by atoms with Crippen molar-refractivity contribution < 1.29 is 9.85 Å². The van der Waals surface area contributed by atoms with Gasteiger partial charge in [0.05, 0.1) is 21.2 Å². The summed E-state index contributed by atoms with van der Waals surface area (Å²) in [5, 5.41) is 20.9. The molecular formula is C26H20N4O4. The Bertz CT molecular complexity index is 1170. The van der Waals surface area contributed by atoms with Gasteiger partial charge in [0, 0.05) is 36.7 Å². The molecule has 0 radical (unpaired) electrons. The van der Waals surface area contributed by atoms with Gasteiger partial charge in [-0.15, -0.1) is 0 Å². The van der Waals surface area contributed by atoms with Crippen molar-refractivity contribution in [3.63, 3.8) is 0 Å². The number of nitro benzene ring substituents is 2. The molecule has 0 aliphatic heterocycles. The van der Waals surface area contributed by atoms with E-state index in [9.17, 15) is 20.2 Å². The second kappa shape index (κ2) is 12.2. The first-order chi connectivity index (χ1) is 16.5. The smallest absolute Gasteiger partial charge is 0.258 e. The number of benzene rings is 4. The number of nitrogens with zero attached hydrogens (tertiary/aromatic N) is 4. The monoisotopic (exact) mass is 452 g/mol. The van der Waals surface area contributed by atoms with Crippen molar-refractivity contribution in [1.82, 2.24) is 0 Å². The molecule has 168 valence electrons. The minimum atomic E-state index is -0.419. The second-order valence-electron chi connectivity index (χ2n) is 6.88. The minimum absolute atomic E-state index is 0.0851. The lowest BCUT2D eigenvalue weighted by atomic mass is 10.2. The molecule has 0 unspecified atom stereocenters. The van der Waals surface area contributed by atoms with E-state index in [0.717, 1.165) is 22.5 Å². The molecule has 0 bridgehead atoms. The molecule has 0 fully saturated rings. The SMILES string of the molecule is O=[N+]([O-])c1ccc(C=Nc2ccccc2)cc1.O=[N+]([O-])c1ccc(C=Nc2ccccc2)cc1. The zero-order valence-electron chi connectivity index (χ0n) is 18.0. The van der Waals surface area contributed by atoms with E-state index in [1.807, 2.05) is 60.7 Å². The Kier molecular flexibility index (Phi) is 8.47. The van der Waals surface area contributed by atoms with E-state index < -0.39 is 9.85 Å². The first-order valence-electron chi connectivity index (χ1n) is 10.2. The van der Waals surface area contributed by atoms with Crippen molar-refractivity contribution in [3.05, 3.63) is 141 Å². The summed E-state index contributed by atoms with van der Waals surface area (Å²) in [6.07, 6.45) is 3.36. The molecule has 0 atom stereocenters. The van der Waals surface area contributed by atoms with Crippen LogP contribution in [0.4, 0.5) is 22.7 Å². The lowest BCUT2D eigenvalue weighted by Crippen LogP contribution is -1.88. The fourth-order valence-electron chi connectivity index (χ4n) is 2.69. The van der Waals surface area contributed by atoms with Crippen molar-refractivity contribution in [1.29, 1.82) is 0 Å². The van der Waals surface area contributed by atoms with Crippen molar-refractivity contribution in [2.24, 2.45) is 9.98 Å². The third-order valence-corrected chi connectivity index (χ3v) is 4.45. The Morgan fingerprint density at radius 3 is 1.12 bits per heavy atom. The van der Waals surface area contributed by atoms with Crippen LogP contribution in [0.5, 0.6) is 0 Å². The van der Waals surface area contributed by atoms with E-state index in [4.69, 9.17) is 0 Å². The topological polar surface area (TPSA) is 111 Å². The van der Waals surface area contributed by atoms with Gasteiger partial charge < -0.3 is 0 Å². The zero-order valence-corrected chi connectivity index (χ0v) is 18.0. The molecule has 0 heterocycles. The third kappa shape index (κ3) is 7.61. The predicted octanol–water partition coefficient (Wildman–Crippen LogP) is 6.69. The highest BCUT2D eigenvalue weighted by Gasteiger charge is 2.03. The first-order valence-corrected chi connectivity index (χ1v) is 10.2. The van der Waals surface area contributed by atoms with E-state index in [2.05, 4.69) is 9.98 Å². The molecular weight excluding hydrogens is 432 g/mol. The van der Waals surface area contributed by atoms with Gasteiger partial charge in [-0.3, -0.25) is 30.2 Å². The molecule has 0 N–H and O–H groups in total. The summed E-state index contributed by atoms with van der Waals surface area (Å²) in [4.78, 5) is 28.6. The highest BCUT2D eigenvalue weighted by atomic mass is 16.6. The standard InChI is InChI=1S/2C13H10N2O2/c2*16-15(17)13-8-6-11(7-9-13)10-14-12-4-2-1-3-5-12/h2*1-10H. The Morgan fingerprint density at radius 1 is 0.500 bits per heavy atom. The maximum atomic E-state index is 10.5. The number of hydrogen-bond acceptors (Lipinski definition) is 6. The highest BCUT2D eigenvalue weighted by Crippen LogP contribution is 2.14. The lowest BCUT2D eigenvalue weighted by Gasteiger charge is -1.94. The number of rotatable bonds is 6. The van der Waals surface area contributed by atoms with Crippen LogP contribution in [-0.4, -0.2) is 22.3 Å². The van der Waals surface area contributed by atoms with Crippen molar-refractivity contribution in [2.75, 3.05) is 0 Å². The van der Waals surface area contributed by atoms with Crippen LogP contribution in [0.15, 0.2) is 119 Å². The molecule has 0 aliphatic carbocycles. The van der Waals surface area contributed by atoms with Gasteiger partial charge in [-0.2, -0.15) is 0 Å². The molecule has 0 saturated heterocycles. The van der Waals surface area contributed by atoms with Gasteiger partial charge in [0.25, 0.3) is 11.4 Å². The molecule has 8 nitrogen and oxygen atoms in total. The van der Waals surface area contributed by atoms with Gasteiger partial charge in [-0.05, 0) is 59.7 Å². The molecule has 8 heteroatoms. The van der Waals surface area contributed by atoms with Gasteiger partial charge in [0.15, 0.2) is 0 Å². The van der Waals surface area contributed by atoms with Crippen LogP contribution in [0.25, 0.3) is 0 Å². The lowest BCUT2D eigenvalue weighted by molar-refractivity contribution is -0.385. The van der Waals surface area contributed by atoms with Crippen LogP contribution in [0.1, 0.15) is 11.1 Å². The summed E-state index contributed by atoms with van der Waals surface area (Å²) in [7, 11) is 0. The van der Waals surface area contributed by atoms with Crippen molar-refractivity contribution >= 4 is 35.2 Å². The number of hydrogen-bond donors (Lipinski definition) is 0. The van der Waals surface area contributed by atoms with Crippen LogP contribution in [-0.2, 0) is 0 Å². The predicted molar refractivity (Wildman–Crippen MR) is 134 cm³/mol. The molecule has 0 saturated carbocycles. The molecule has 4 aromatic carbocycles. The van der Waals surface area contributed by atoms with Gasteiger partial charge >= 0.3 is 0 Å². The quantitative estimate of drug-likeness (QED) is 0.184. The second-order valence-corrected chi connectivity index (χ2v) is 6.88. The Labute approximate surface area is 195 Å². The molecule has 0 amide bonds. The summed E-state index contributed by atoms with van der Waals surface area (Å²) >= 11 is 0. The molecule has 4 rings (SSSR count). The molecule has 0 aromatic heterocycles. The number of non-ortho nitro benzene ring substituents is 2. The highest BCUT2D eigenvalue weighted by molar-refractivity contribution is 5.82. The molecule has 0 spiro atoms. The third-order valence-electron chi connectivity index (χ3n) is 4.45.